The van der Waals surface area contributed by atoms with Crippen LogP contribution >= 0.6 is 11.8 Å². The lowest BCUT2D eigenvalue weighted by molar-refractivity contribution is 0.682. The molecule has 0 aliphatic carbocycles. The van der Waals surface area contributed by atoms with Crippen LogP contribution in [-0.2, 0) is 6.54 Å². The number of rotatable bonds is 3. The Bertz CT molecular complexity index is 803. The van der Waals surface area contributed by atoms with Gasteiger partial charge in [-0.15, -0.1) is 0 Å². The van der Waals surface area contributed by atoms with Crippen LogP contribution in [0.3, 0.4) is 0 Å². The van der Waals surface area contributed by atoms with Crippen LogP contribution in [-0.4, -0.2) is 34.1 Å². The number of aryl methyl sites for hydroxylation is 1. The third-order valence-electron chi connectivity index (χ3n) is 3.88. The molecule has 0 N–H and O–H groups in total. The molecule has 2 aromatic rings. The van der Waals surface area contributed by atoms with Crippen molar-refractivity contribution in [2.45, 2.75) is 13.5 Å². The van der Waals surface area contributed by atoms with Crippen molar-refractivity contribution in [3.63, 3.8) is 0 Å². The largest absolute Gasteiger partial charge is 0.340 e. The molecular weight excluding hydrogens is 308 g/mol. The third kappa shape index (κ3) is 3.40. The Balaban J connectivity index is 2.04. The van der Waals surface area contributed by atoms with Crippen LogP contribution in [0.5, 0.6) is 0 Å². The number of nitriles is 1. The SMILES string of the molecule is Cc1cc(=O)n(Cc2ccccc2C#N)c(N2CCSCC2)n1. The van der Waals surface area contributed by atoms with Crippen molar-refractivity contribution in [2.75, 3.05) is 29.5 Å². The average Bonchev–Trinajstić information content (AvgIpc) is 2.58. The Kier molecular flexibility index (Phi) is 4.68. The summed E-state index contributed by atoms with van der Waals surface area (Å²) in [6.07, 6.45) is 0. The van der Waals surface area contributed by atoms with Crippen LogP contribution < -0.4 is 10.5 Å². The van der Waals surface area contributed by atoms with Crippen molar-refractivity contribution in [2.24, 2.45) is 0 Å². The van der Waals surface area contributed by atoms with E-state index in [1.54, 1.807) is 16.7 Å². The van der Waals surface area contributed by atoms with E-state index in [2.05, 4.69) is 16.0 Å². The fourth-order valence-corrected chi connectivity index (χ4v) is 3.60. The highest BCUT2D eigenvalue weighted by Crippen LogP contribution is 2.18. The van der Waals surface area contributed by atoms with Gasteiger partial charge in [0.15, 0.2) is 0 Å². The highest BCUT2D eigenvalue weighted by molar-refractivity contribution is 7.99. The maximum Gasteiger partial charge on any atom is 0.255 e. The molecular formula is C17H18N4OS. The Morgan fingerprint density at radius 3 is 2.78 bits per heavy atom. The molecule has 2 heterocycles. The van der Waals surface area contributed by atoms with Crippen LogP contribution in [0.2, 0.25) is 0 Å². The van der Waals surface area contributed by atoms with Crippen molar-refractivity contribution < 1.29 is 0 Å². The van der Waals surface area contributed by atoms with Crippen LogP contribution in [0.4, 0.5) is 5.95 Å². The summed E-state index contributed by atoms with van der Waals surface area (Å²) in [7, 11) is 0. The molecule has 5 nitrogen and oxygen atoms in total. The van der Waals surface area contributed by atoms with E-state index < -0.39 is 0 Å². The van der Waals surface area contributed by atoms with Crippen molar-refractivity contribution in [1.29, 1.82) is 5.26 Å². The second-order valence-electron chi connectivity index (χ2n) is 5.49. The monoisotopic (exact) mass is 326 g/mol. The predicted octanol–water partition coefficient (Wildman–Crippen LogP) is 2.02. The summed E-state index contributed by atoms with van der Waals surface area (Å²) in [6, 6.07) is 11.1. The number of benzene rings is 1. The zero-order chi connectivity index (χ0) is 16.2. The first-order chi connectivity index (χ1) is 11.2. The van der Waals surface area contributed by atoms with Crippen LogP contribution in [0.15, 0.2) is 35.1 Å². The highest BCUT2D eigenvalue weighted by atomic mass is 32.2. The van der Waals surface area contributed by atoms with E-state index >= 15 is 0 Å². The van der Waals surface area contributed by atoms with Gasteiger partial charge >= 0.3 is 0 Å². The first kappa shape index (κ1) is 15.6. The number of anilines is 1. The summed E-state index contributed by atoms with van der Waals surface area (Å²) >= 11 is 1.92. The molecule has 0 atom stereocenters. The minimum atomic E-state index is -0.0709. The van der Waals surface area contributed by atoms with E-state index in [1.165, 1.54) is 0 Å². The zero-order valence-corrected chi connectivity index (χ0v) is 13.8. The molecule has 1 aliphatic rings. The predicted molar refractivity (Wildman–Crippen MR) is 93.0 cm³/mol. The number of hydrogen-bond acceptors (Lipinski definition) is 5. The minimum Gasteiger partial charge on any atom is -0.340 e. The van der Waals surface area contributed by atoms with E-state index in [-0.39, 0.29) is 5.56 Å². The van der Waals surface area contributed by atoms with Crippen LogP contribution in [0.25, 0.3) is 0 Å². The van der Waals surface area contributed by atoms with Gasteiger partial charge in [-0.2, -0.15) is 17.0 Å². The molecule has 1 saturated heterocycles. The van der Waals surface area contributed by atoms with Gasteiger partial charge in [0.1, 0.15) is 0 Å². The van der Waals surface area contributed by atoms with Gasteiger partial charge in [-0.1, -0.05) is 18.2 Å². The van der Waals surface area contributed by atoms with Crippen molar-refractivity contribution >= 4 is 17.7 Å². The number of hydrogen-bond donors (Lipinski definition) is 0. The number of aromatic nitrogens is 2. The first-order valence-electron chi connectivity index (χ1n) is 7.58. The molecule has 0 bridgehead atoms. The van der Waals surface area contributed by atoms with Gasteiger partial charge in [0, 0.05) is 36.4 Å². The fraction of sp³-hybridized carbons (Fsp3) is 0.353. The summed E-state index contributed by atoms with van der Waals surface area (Å²) in [4.78, 5) is 19.3. The van der Waals surface area contributed by atoms with E-state index in [4.69, 9.17) is 0 Å². The minimum absolute atomic E-state index is 0.0709. The molecule has 1 aromatic heterocycles. The summed E-state index contributed by atoms with van der Waals surface area (Å²) in [5.74, 6) is 2.79. The molecule has 23 heavy (non-hydrogen) atoms. The topological polar surface area (TPSA) is 61.9 Å². The van der Waals surface area contributed by atoms with Crippen molar-refractivity contribution in [1.82, 2.24) is 9.55 Å². The fourth-order valence-electron chi connectivity index (χ4n) is 2.70. The number of nitrogens with zero attached hydrogens (tertiary/aromatic N) is 4. The van der Waals surface area contributed by atoms with Gasteiger partial charge in [0.05, 0.1) is 18.2 Å². The summed E-state index contributed by atoms with van der Waals surface area (Å²) < 4.78 is 1.68. The van der Waals surface area contributed by atoms with E-state index in [0.29, 0.717) is 18.1 Å². The van der Waals surface area contributed by atoms with E-state index in [1.807, 2.05) is 36.9 Å². The van der Waals surface area contributed by atoms with Crippen LogP contribution in [0, 0.1) is 18.3 Å². The molecule has 118 valence electrons. The van der Waals surface area contributed by atoms with Gasteiger partial charge in [-0.05, 0) is 18.6 Å². The molecule has 0 spiro atoms. The lowest BCUT2D eigenvalue weighted by Gasteiger charge is -2.29. The molecule has 6 heteroatoms. The Hall–Kier alpha value is -2.26. The second kappa shape index (κ2) is 6.88. The number of thioether (sulfide) groups is 1. The Morgan fingerprint density at radius 2 is 2.04 bits per heavy atom. The van der Waals surface area contributed by atoms with Gasteiger partial charge in [0.25, 0.3) is 5.56 Å². The van der Waals surface area contributed by atoms with Gasteiger partial charge in [0.2, 0.25) is 5.95 Å². The van der Waals surface area contributed by atoms with Gasteiger partial charge in [-0.3, -0.25) is 9.36 Å². The average molecular weight is 326 g/mol. The standard InChI is InChI=1S/C17H18N4OS/c1-13-10-16(22)21(12-15-5-3-2-4-14(15)11-18)17(19-13)20-6-8-23-9-7-20/h2-5,10H,6-9,12H2,1H3. The molecule has 1 aliphatic heterocycles. The highest BCUT2D eigenvalue weighted by Gasteiger charge is 2.18. The summed E-state index contributed by atoms with van der Waals surface area (Å²) in [5.41, 5.74) is 2.10. The molecule has 0 saturated carbocycles. The summed E-state index contributed by atoms with van der Waals surface area (Å²) in [5, 5.41) is 9.26. The summed E-state index contributed by atoms with van der Waals surface area (Å²) in [6.45, 7) is 3.99. The molecule has 3 rings (SSSR count). The normalized spacial score (nSPS) is 14.5. The zero-order valence-electron chi connectivity index (χ0n) is 13.0. The third-order valence-corrected chi connectivity index (χ3v) is 4.82. The Labute approximate surface area is 139 Å². The smallest absolute Gasteiger partial charge is 0.255 e. The first-order valence-corrected chi connectivity index (χ1v) is 8.73. The second-order valence-corrected chi connectivity index (χ2v) is 6.72. The van der Waals surface area contributed by atoms with Crippen molar-refractivity contribution in [3.05, 3.63) is 57.5 Å². The molecule has 0 unspecified atom stereocenters. The van der Waals surface area contributed by atoms with Crippen LogP contribution in [0.1, 0.15) is 16.8 Å². The van der Waals surface area contributed by atoms with E-state index in [9.17, 15) is 10.1 Å². The Morgan fingerprint density at radius 1 is 1.30 bits per heavy atom. The van der Waals surface area contributed by atoms with Crippen molar-refractivity contribution in [3.8, 4) is 6.07 Å². The van der Waals surface area contributed by atoms with Gasteiger partial charge < -0.3 is 4.90 Å². The van der Waals surface area contributed by atoms with E-state index in [0.717, 1.165) is 35.9 Å². The van der Waals surface area contributed by atoms with Gasteiger partial charge in [-0.25, -0.2) is 4.98 Å². The molecule has 1 aromatic carbocycles. The maximum atomic E-state index is 12.5. The quantitative estimate of drug-likeness (QED) is 0.863. The lowest BCUT2D eigenvalue weighted by Crippen LogP contribution is -2.38. The molecule has 0 radical (unpaired) electrons. The lowest BCUT2D eigenvalue weighted by atomic mass is 10.1. The maximum absolute atomic E-state index is 12.5. The molecule has 0 amide bonds. The molecule has 1 fully saturated rings.